The molecule has 2 aromatic rings. The molecule has 0 spiro atoms. The van der Waals surface area contributed by atoms with Crippen molar-refractivity contribution < 1.29 is 19.4 Å². The van der Waals surface area contributed by atoms with E-state index in [1.807, 2.05) is 43.3 Å². The third-order valence-corrected chi connectivity index (χ3v) is 5.05. The molecule has 2 aromatic carbocycles. The maximum absolute atomic E-state index is 12.7. The molecule has 3 rings (SSSR count). The van der Waals surface area contributed by atoms with Gasteiger partial charge in [-0.1, -0.05) is 18.2 Å². The number of hydrogen-bond donors (Lipinski definition) is 1. The fourth-order valence-electron chi connectivity index (χ4n) is 3.29. The number of ether oxygens (including phenoxy) is 2. The minimum Gasteiger partial charge on any atom is -0.507 e. The number of rotatable bonds is 7. The largest absolute Gasteiger partial charge is 0.507 e. The number of anilines is 1. The summed E-state index contributed by atoms with van der Waals surface area (Å²) in [5.74, 6) is 0.312. The Balaban J connectivity index is 1.79. The number of phenolic OH excluding ortho intramolecular Hbond substituents is 1. The highest BCUT2D eigenvalue weighted by Crippen LogP contribution is 2.33. The first-order valence-electron chi connectivity index (χ1n) is 9.68. The Kier molecular flexibility index (Phi) is 6.90. The van der Waals surface area contributed by atoms with Crippen LogP contribution in [0.3, 0.4) is 0 Å². The zero-order valence-electron chi connectivity index (χ0n) is 17.2. The third-order valence-electron chi connectivity index (χ3n) is 5.05. The van der Waals surface area contributed by atoms with Crippen LogP contribution in [0.25, 0.3) is 6.08 Å². The average molecular weight is 396 g/mol. The molecule has 6 heteroatoms. The van der Waals surface area contributed by atoms with Gasteiger partial charge in [-0.25, -0.2) is 0 Å². The topological polar surface area (TPSA) is 62.2 Å². The van der Waals surface area contributed by atoms with Crippen molar-refractivity contribution in [2.75, 3.05) is 52.4 Å². The van der Waals surface area contributed by atoms with E-state index in [0.717, 1.165) is 24.3 Å². The van der Waals surface area contributed by atoms with Crippen LogP contribution in [0.15, 0.2) is 42.5 Å². The molecular formula is C23H28N2O4. The summed E-state index contributed by atoms with van der Waals surface area (Å²) in [6, 6.07) is 11.2. The Morgan fingerprint density at radius 2 is 1.86 bits per heavy atom. The van der Waals surface area contributed by atoms with Crippen molar-refractivity contribution in [2.45, 2.75) is 6.54 Å². The molecule has 154 valence electrons. The van der Waals surface area contributed by atoms with Gasteiger partial charge < -0.3 is 19.5 Å². The van der Waals surface area contributed by atoms with E-state index in [1.54, 1.807) is 25.3 Å². The van der Waals surface area contributed by atoms with E-state index in [4.69, 9.17) is 9.47 Å². The van der Waals surface area contributed by atoms with Crippen molar-refractivity contribution in [2.24, 2.45) is 0 Å². The number of allylic oxidation sites excluding steroid dienone is 1. The van der Waals surface area contributed by atoms with Crippen LogP contribution in [0.4, 0.5) is 5.69 Å². The number of carbonyl (C=O) groups is 1. The van der Waals surface area contributed by atoms with E-state index in [9.17, 15) is 9.90 Å². The highest BCUT2D eigenvalue weighted by molar-refractivity contribution is 6.09. The molecule has 1 N–H and O–H groups in total. The molecule has 0 aromatic heterocycles. The van der Waals surface area contributed by atoms with Crippen molar-refractivity contribution in [1.82, 2.24) is 4.90 Å². The van der Waals surface area contributed by atoms with Gasteiger partial charge in [0.2, 0.25) is 0 Å². The monoisotopic (exact) mass is 396 g/mol. The zero-order valence-corrected chi connectivity index (χ0v) is 17.2. The average Bonchev–Trinajstić information content (AvgIpc) is 2.74. The summed E-state index contributed by atoms with van der Waals surface area (Å²) in [6.07, 6.45) is 3.25. The zero-order chi connectivity index (χ0) is 20.8. The van der Waals surface area contributed by atoms with E-state index in [1.165, 1.54) is 6.08 Å². The number of hydrogen-bond acceptors (Lipinski definition) is 6. The quantitative estimate of drug-likeness (QED) is 0.573. The molecule has 0 radical (unpaired) electrons. The standard InChI is InChI=1S/C23H28N2O4/c1-24(2)18-7-4-17(5-8-18)6-10-21(26)19-9-11-22(28-3)20(23(19)27)16-25-12-14-29-15-13-25/h4-11,27H,12-16H2,1-3H3/b10-6+. The van der Waals surface area contributed by atoms with E-state index >= 15 is 0 Å². The van der Waals surface area contributed by atoms with Crippen LogP contribution in [-0.4, -0.2) is 63.3 Å². The van der Waals surface area contributed by atoms with Crippen LogP contribution in [0, 0.1) is 0 Å². The summed E-state index contributed by atoms with van der Waals surface area (Å²) < 4.78 is 10.8. The minimum atomic E-state index is -0.245. The fraction of sp³-hybridized carbons (Fsp3) is 0.348. The van der Waals surface area contributed by atoms with Gasteiger partial charge in [0.25, 0.3) is 0 Å². The van der Waals surface area contributed by atoms with Crippen LogP contribution in [0.1, 0.15) is 21.5 Å². The second-order valence-corrected chi connectivity index (χ2v) is 7.21. The fourth-order valence-corrected chi connectivity index (χ4v) is 3.29. The first-order chi connectivity index (χ1) is 14.0. The predicted molar refractivity (Wildman–Crippen MR) is 115 cm³/mol. The summed E-state index contributed by atoms with van der Waals surface area (Å²) in [4.78, 5) is 16.9. The Hall–Kier alpha value is -2.83. The Bertz CT molecular complexity index is 869. The number of phenols is 1. The summed E-state index contributed by atoms with van der Waals surface area (Å²) in [5, 5.41) is 10.8. The molecular weight excluding hydrogens is 368 g/mol. The van der Waals surface area contributed by atoms with Crippen LogP contribution in [-0.2, 0) is 11.3 Å². The van der Waals surface area contributed by atoms with E-state index in [0.29, 0.717) is 31.1 Å². The van der Waals surface area contributed by atoms with Crippen molar-refractivity contribution in [3.63, 3.8) is 0 Å². The van der Waals surface area contributed by atoms with E-state index < -0.39 is 0 Å². The predicted octanol–water partition coefficient (Wildman–Crippen LogP) is 3.20. The van der Waals surface area contributed by atoms with Crippen LogP contribution < -0.4 is 9.64 Å². The Morgan fingerprint density at radius 3 is 2.48 bits per heavy atom. The third kappa shape index (κ3) is 5.16. The van der Waals surface area contributed by atoms with Crippen LogP contribution >= 0.6 is 0 Å². The minimum absolute atomic E-state index is 0.0200. The summed E-state index contributed by atoms with van der Waals surface area (Å²) in [5.41, 5.74) is 2.92. The van der Waals surface area contributed by atoms with Crippen molar-refractivity contribution in [3.05, 3.63) is 59.2 Å². The van der Waals surface area contributed by atoms with Gasteiger partial charge in [0.1, 0.15) is 11.5 Å². The lowest BCUT2D eigenvalue weighted by Gasteiger charge is -2.27. The van der Waals surface area contributed by atoms with E-state index in [2.05, 4.69) is 4.90 Å². The summed E-state index contributed by atoms with van der Waals surface area (Å²) in [6.45, 7) is 3.40. The van der Waals surface area contributed by atoms with Crippen LogP contribution in [0.2, 0.25) is 0 Å². The molecule has 0 amide bonds. The highest BCUT2D eigenvalue weighted by atomic mass is 16.5. The number of ketones is 1. The lowest BCUT2D eigenvalue weighted by molar-refractivity contribution is 0.0335. The van der Waals surface area contributed by atoms with Gasteiger partial charge >= 0.3 is 0 Å². The van der Waals surface area contributed by atoms with Gasteiger partial charge in [-0.2, -0.15) is 0 Å². The molecule has 0 aliphatic carbocycles. The molecule has 0 bridgehead atoms. The smallest absolute Gasteiger partial charge is 0.189 e. The van der Waals surface area contributed by atoms with Gasteiger partial charge in [-0.15, -0.1) is 0 Å². The van der Waals surface area contributed by atoms with Crippen LogP contribution in [0.5, 0.6) is 11.5 Å². The lowest BCUT2D eigenvalue weighted by atomic mass is 10.0. The SMILES string of the molecule is COc1ccc(C(=O)/C=C/c2ccc(N(C)C)cc2)c(O)c1CN1CCOCC1. The maximum Gasteiger partial charge on any atom is 0.189 e. The van der Waals surface area contributed by atoms with Gasteiger partial charge in [0, 0.05) is 39.4 Å². The second-order valence-electron chi connectivity index (χ2n) is 7.21. The molecule has 1 fully saturated rings. The summed E-state index contributed by atoms with van der Waals surface area (Å²) >= 11 is 0. The van der Waals surface area contributed by atoms with Crippen molar-refractivity contribution >= 4 is 17.5 Å². The first-order valence-corrected chi connectivity index (χ1v) is 9.68. The highest BCUT2D eigenvalue weighted by Gasteiger charge is 2.20. The maximum atomic E-state index is 12.7. The summed E-state index contributed by atoms with van der Waals surface area (Å²) in [7, 11) is 5.53. The van der Waals surface area contributed by atoms with Crippen molar-refractivity contribution in [3.8, 4) is 11.5 Å². The lowest BCUT2D eigenvalue weighted by Crippen LogP contribution is -2.35. The molecule has 1 aliphatic rings. The van der Waals surface area contributed by atoms with Gasteiger partial charge in [0.05, 0.1) is 31.5 Å². The van der Waals surface area contributed by atoms with Crippen molar-refractivity contribution in [1.29, 1.82) is 0 Å². The normalized spacial score (nSPS) is 14.9. The molecule has 1 heterocycles. The first kappa shape index (κ1) is 20.9. The van der Waals surface area contributed by atoms with Gasteiger partial charge in [0.15, 0.2) is 5.78 Å². The number of nitrogens with zero attached hydrogens (tertiary/aromatic N) is 2. The molecule has 0 saturated carbocycles. The number of morpholine rings is 1. The Labute approximate surface area is 172 Å². The van der Waals surface area contributed by atoms with Gasteiger partial charge in [-0.05, 0) is 35.9 Å². The Morgan fingerprint density at radius 1 is 1.17 bits per heavy atom. The number of benzene rings is 2. The second kappa shape index (κ2) is 9.58. The number of methoxy groups -OCH3 is 1. The molecule has 29 heavy (non-hydrogen) atoms. The molecule has 0 atom stereocenters. The van der Waals surface area contributed by atoms with Gasteiger partial charge in [-0.3, -0.25) is 9.69 Å². The molecule has 1 aliphatic heterocycles. The molecule has 0 unspecified atom stereocenters. The molecule has 1 saturated heterocycles. The number of carbonyl (C=O) groups excluding carboxylic acids is 1. The van der Waals surface area contributed by atoms with E-state index in [-0.39, 0.29) is 17.1 Å². The molecule has 6 nitrogen and oxygen atoms in total. The number of aromatic hydroxyl groups is 1.